The van der Waals surface area contributed by atoms with E-state index in [2.05, 4.69) is 15.6 Å². The molecule has 0 unspecified atom stereocenters. The van der Waals surface area contributed by atoms with Crippen molar-refractivity contribution in [3.8, 4) is 11.5 Å². The Labute approximate surface area is 109 Å². The van der Waals surface area contributed by atoms with E-state index in [1.54, 1.807) is 12.1 Å². The number of aryl methyl sites for hydroxylation is 1. The number of benzene rings is 1. The van der Waals surface area contributed by atoms with Crippen LogP contribution in [0.25, 0.3) is 0 Å². The molecule has 6 heteroatoms. The lowest BCUT2D eigenvalue weighted by Gasteiger charge is -2.08. The molecule has 98 valence electrons. The lowest BCUT2D eigenvalue weighted by atomic mass is 10.3. The smallest absolute Gasteiger partial charge is 0.324 e. The van der Waals surface area contributed by atoms with Gasteiger partial charge < -0.3 is 15.5 Å². The van der Waals surface area contributed by atoms with Crippen LogP contribution in [0.1, 0.15) is 5.69 Å². The number of hydrogen-bond acceptors (Lipinski definition) is 4. The van der Waals surface area contributed by atoms with Crippen molar-refractivity contribution in [2.75, 3.05) is 10.6 Å². The number of hydrogen-bond donors (Lipinski definition) is 4. The highest BCUT2D eigenvalue weighted by Crippen LogP contribution is 2.23. The summed E-state index contributed by atoms with van der Waals surface area (Å²) in [6.45, 7) is 1.82. The van der Waals surface area contributed by atoms with E-state index in [9.17, 15) is 15.0 Å². The third-order valence-electron chi connectivity index (χ3n) is 2.29. The van der Waals surface area contributed by atoms with Crippen LogP contribution in [0.2, 0.25) is 0 Å². The standard InChI is InChI=1S/C13H13N3O3/c1-8-3-2-4-12(14-8)16-13(19)15-9-5-10(17)7-11(18)6-9/h2-7,17-18H,1H3,(H2,14,15,16,19). The van der Waals surface area contributed by atoms with Gasteiger partial charge in [0, 0.05) is 29.6 Å². The van der Waals surface area contributed by atoms with Gasteiger partial charge in [-0.2, -0.15) is 0 Å². The van der Waals surface area contributed by atoms with Crippen LogP contribution in [0, 0.1) is 6.92 Å². The van der Waals surface area contributed by atoms with E-state index in [1.807, 2.05) is 13.0 Å². The first-order valence-electron chi connectivity index (χ1n) is 5.57. The van der Waals surface area contributed by atoms with E-state index in [4.69, 9.17) is 0 Å². The molecule has 4 N–H and O–H groups in total. The summed E-state index contributed by atoms with van der Waals surface area (Å²) in [6.07, 6.45) is 0. The molecule has 2 amide bonds. The molecule has 6 nitrogen and oxygen atoms in total. The number of anilines is 2. The lowest BCUT2D eigenvalue weighted by Crippen LogP contribution is -2.20. The number of carbonyl (C=O) groups excluding carboxylic acids is 1. The molecule has 2 aromatic rings. The highest BCUT2D eigenvalue weighted by Gasteiger charge is 2.05. The van der Waals surface area contributed by atoms with Gasteiger partial charge in [0.1, 0.15) is 17.3 Å². The van der Waals surface area contributed by atoms with Gasteiger partial charge in [-0.1, -0.05) is 6.07 Å². The average Bonchev–Trinajstić information content (AvgIpc) is 2.26. The van der Waals surface area contributed by atoms with E-state index >= 15 is 0 Å². The number of aromatic hydroxyl groups is 2. The van der Waals surface area contributed by atoms with E-state index in [0.29, 0.717) is 5.82 Å². The number of nitrogens with one attached hydrogen (secondary N) is 2. The Morgan fingerprint density at radius 3 is 2.42 bits per heavy atom. The second-order valence-electron chi connectivity index (χ2n) is 3.98. The zero-order valence-corrected chi connectivity index (χ0v) is 10.2. The maximum absolute atomic E-state index is 11.7. The van der Waals surface area contributed by atoms with Crippen LogP contribution in [-0.2, 0) is 0 Å². The number of rotatable bonds is 2. The predicted molar refractivity (Wildman–Crippen MR) is 71.4 cm³/mol. The number of phenols is 2. The molecule has 0 aliphatic heterocycles. The normalized spacial score (nSPS) is 9.95. The largest absolute Gasteiger partial charge is 0.508 e. The number of nitrogens with zero attached hydrogens (tertiary/aromatic N) is 1. The third-order valence-corrected chi connectivity index (χ3v) is 2.29. The van der Waals surface area contributed by atoms with Crippen LogP contribution in [0.5, 0.6) is 11.5 Å². The van der Waals surface area contributed by atoms with Crippen molar-refractivity contribution in [3.63, 3.8) is 0 Å². The second-order valence-corrected chi connectivity index (χ2v) is 3.98. The maximum Gasteiger partial charge on any atom is 0.324 e. The molecule has 1 aromatic heterocycles. The molecule has 0 aliphatic carbocycles. The van der Waals surface area contributed by atoms with E-state index in [1.165, 1.54) is 18.2 Å². The molecule has 1 aromatic carbocycles. The fraction of sp³-hybridized carbons (Fsp3) is 0.0769. The van der Waals surface area contributed by atoms with Crippen molar-refractivity contribution in [1.82, 2.24) is 4.98 Å². The van der Waals surface area contributed by atoms with Crippen LogP contribution in [-0.4, -0.2) is 21.2 Å². The van der Waals surface area contributed by atoms with Crippen LogP contribution in [0.15, 0.2) is 36.4 Å². The zero-order chi connectivity index (χ0) is 13.8. The Balaban J connectivity index is 2.05. The molecule has 0 spiro atoms. The van der Waals surface area contributed by atoms with Gasteiger partial charge in [0.2, 0.25) is 0 Å². The SMILES string of the molecule is Cc1cccc(NC(=O)Nc2cc(O)cc(O)c2)n1. The van der Waals surface area contributed by atoms with Gasteiger partial charge in [-0.25, -0.2) is 9.78 Å². The fourth-order valence-corrected chi connectivity index (χ4v) is 1.56. The number of aromatic nitrogens is 1. The minimum atomic E-state index is -0.511. The summed E-state index contributed by atoms with van der Waals surface area (Å²) in [5, 5.41) is 23.6. The highest BCUT2D eigenvalue weighted by atomic mass is 16.3. The molecule has 0 saturated heterocycles. The molecule has 1 heterocycles. The van der Waals surface area contributed by atoms with E-state index in [-0.39, 0.29) is 17.2 Å². The minimum Gasteiger partial charge on any atom is -0.508 e. The molecule has 2 rings (SSSR count). The van der Waals surface area contributed by atoms with Crippen molar-refractivity contribution in [2.45, 2.75) is 6.92 Å². The Bertz CT molecular complexity index is 594. The van der Waals surface area contributed by atoms with Gasteiger partial charge in [-0.3, -0.25) is 5.32 Å². The summed E-state index contributed by atoms with van der Waals surface area (Å²) in [4.78, 5) is 15.8. The summed E-state index contributed by atoms with van der Waals surface area (Å²) in [5.41, 5.74) is 1.07. The Morgan fingerprint density at radius 2 is 1.79 bits per heavy atom. The Hall–Kier alpha value is -2.76. The van der Waals surface area contributed by atoms with Crippen LogP contribution >= 0.6 is 0 Å². The number of phenolic OH excluding ortho intramolecular Hbond substituents is 2. The van der Waals surface area contributed by atoms with Crippen molar-refractivity contribution in [2.24, 2.45) is 0 Å². The highest BCUT2D eigenvalue weighted by molar-refractivity contribution is 5.99. The van der Waals surface area contributed by atoms with Crippen molar-refractivity contribution >= 4 is 17.5 Å². The Morgan fingerprint density at radius 1 is 1.11 bits per heavy atom. The first-order chi connectivity index (χ1) is 9.02. The van der Waals surface area contributed by atoms with Crippen molar-refractivity contribution in [1.29, 1.82) is 0 Å². The van der Waals surface area contributed by atoms with Gasteiger partial charge in [0.15, 0.2) is 0 Å². The zero-order valence-electron chi connectivity index (χ0n) is 10.2. The lowest BCUT2D eigenvalue weighted by molar-refractivity contribution is 0.262. The summed E-state index contributed by atoms with van der Waals surface area (Å²) in [7, 11) is 0. The average molecular weight is 259 g/mol. The minimum absolute atomic E-state index is 0.135. The first-order valence-corrected chi connectivity index (χ1v) is 5.57. The maximum atomic E-state index is 11.7. The molecule has 0 fully saturated rings. The molecule has 0 bridgehead atoms. The molecule has 0 saturated carbocycles. The summed E-state index contributed by atoms with van der Waals surface area (Å²) in [5.74, 6) is 0.148. The molecule has 19 heavy (non-hydrogen) atoms. The Kier molecular flexibility index (Phi) is 3.51. The monoisotopic (exact) mass is 259 g/mol. The molecular formula is C13H13N3O3. The second kappa shape index (κ2) is 5.26. The predicted octanol–water partition coefficient (Wildman–Crippen LogP) is 2.45. The fourth-order valence-electron chi connectivity index (χ4n) is 1.56. The summed E-state index contributed by atoms with van der Waals surface area (Å²) in [6, 6.07) is 8.56. The molecule has 0 radical (unpaired) electrons. The third kappa shape index (κ3) is 3.60. The summed E-state index contributed by atoms with van der Waals surface area (Å²) >= 11 is 0. The quantitative estimate of drug-likeness (QED) is 0.666. The molecule has 0 aliphatic rings. The van der Waals surface area contributed by atoms with Gasteiger partial charge in [-0.05, 0) is 19.1 Å². The molecule has 0 atom stereocenters. The topological polar surface area (TPSA) is 94.5 Å². The van der Waals surface area contributed by atoms with Gasteiger partial charge in [-0.15, -0.1) is 0 Å². The van der Waals surface area contributed by atoms with E-state index < -0.39 is 6.03 Å². The van der Waals surface area contributed by atoms with Crippen LogP contribution in [0.4, 0.5) is 16.3 Å². The number of amides is 2. The van der Waals surface area contributed by atoms with Crippen LogP contribution in [0.3, 0.4) is 0 Å². The first kappa shape index (κ1) is 12.7. The van der Waals surface area contributed by atoms with Crippen molar-refractivity contribution < 1.29 is 15.0 Å². The van der Waals surface area contributed by atoms with Crippen molar-refractivity contribution in [3.05, 3.63) is 42.1 Å². The van der Waals surface area contributed by atoms with Gasteiger partial charge in [0.05, 0.1) is 0 Å². The van der Waals surface area contributed by atoms with E-state index in [0.717, 1.165) is 5.69 Å². The van der Waals surface area contributed by atoms with Gasteiger partial charge in [0.25, 0.3) is 0 Å². The number of carbonyl (C=O) groups is 1. The molecular weight excluding hydrogens is 246 g/mol. The van der Waals surface area contributed by atoms with Crippen LogP contribution < -0.4 is 10.6 Å². The number of urea groups is 1. The van der Waals surface area contributed by atoms with Gasteiger partial charge >= 0.3 is 6.03 Å². The number of pyridine rings is 1. The summed E-state index contributed by atoms with van der Waals surface area (Å²) < 4.78 is 0.